The number of hydrogen-bond donors (Lipinski definition) is 2. The molecule has 1 aromatic carbocycles. The largest absolute Gasteiger partial charge is 0.330 e. The van der Waals surface area contributed by atoms with Gasteiger partial charge < -0.3 is 11.1 Å². The van der Waals surface area contributed by atoms with E-state index in [1.807, 2.05) is 18.2 Å². The van der Waals surface area contributed by atoms with Crippen molar-refractivity contribution in [1.29, 1.82) is 0 Å². The van der Waals surface area contributed by atoms with Crippen LogP contribution in [0.2, 0.25) is 0 Å². The summed E-state index contributed by atoms with van der Waals surface area (Å²) in [5.41, 5.74) is 7.67. The number of benzene rings is 1. The van der Waals surface area contributed by atoms with Crippen LogP contribution < -0.4 is 11.1 Å². The molecule has 0 saturated heterocycles. The average Bonchev–Trinajstić information content (AvgIpc) is 2.39. The van der Waals surface area contributed by atoms with Gasteiger partial charge in [-0.3, -0.25) is 4.79 Å². The Hall–Kier alpha value is -0.620. The number of amides is 1. The predicted molar refractivity (Wildman–Crippen MR) is 89.2 cm³/mol. The summed E-state index contributed by atoms with van der Waals surface area (Å²) in [5, 5.41) is 2.96. The standard InChI is InChI=1S/C15H23IN2O/c1-3-12(8-9-17)5-7-15(19)18-13-6-4-11(2)14(16)10-13/h4,6,10,12H,3,5,7-9,17H2,1-2H3,(H,18,19). The van der Waals surface area contributed by atoms with Crippen molar-refractivity contribution in [1.82, 2.24) is 0 Å². The first-order valence-corrected chi connectivity index (χ1v) is 7.90. The second kappa shape index (κ2) is 8.53. The zero-order valence-corrected chi connectivity index (χ0v) is 13.9. The molecule has 0 spiro atoms. The van der Waals surface area contributed by atoms with Crippen LogP contribution in [0.4, 0.5) is 5.69 Å². The van der Waals surface area contributed by atoms with Gasteiger partial charge in [-0.15, -0.1) is 0 Å². The van der Waals surface area contributed by atoms with Crippen molar-refractivity contribution in [3.05, 3.63) is 27.3 Å². The number of nitrogens with two attached hydrogens (primary N) is 1. The lowest BCUT2D eigenvalue weighted by molar-refractivity contribution is -0.116. The second-order valence-corrected chi connectivity index (χ2v) is 6.06. The fourth-order valence-corrected chi connectivity index (χ4v) is 2.53. The Labute approximate surface area is 129 Å². The molecule has 0 heterocycles. The van der Waals surface area contributed by atoms with Crippen LogP contribution >= 0.6 is 22.6 Å². The Morgan fingerprint density at radius 1 is 1.42 bits per heavy atom. The monoisotopic (exact) mass is 374 g/mol. The fraction of sp³-hybridized carbons (Fsp3) is 0.533. The average molecular weight is 374 g/mol. The number of hydrogen-bond acceptors (Lipinski definition) is 2. The molecule has 3 nitrogen and oxygen atoms in total. The number of aryl methyl sites for hydroxylation is 1. The Morgan fingerprint density at radius 3 is 2.74 bits per heavy atom. The quantitative estimate of drug-likeness (QED) is 0.716. The molecule has 0 bridgehead atoms. The Morgan fingerprint density at radius 2 is 2.16 bits per heavy atom. The third-order valence-electron chi connectivity index (χ3n) is 3.39. The highest BCUT2D eigenvalue weighted by molar-refractivity contribution is 14.1. The van der Waals surface area contributed by atoms with Gasteiger partial charge in [0, 0.05) is 15.7 Å². The number of carbonyl (C=O) groups excluding carboxylic acids is 1. The van der Waals surface area contributed by atoms with Crippen LogP contribution in [0.15, 0.2) is 18.2 Å². The summed E-state index contributed by atoms with van der Waals surface area (Å²) in [4.78, 5) is 11.9. The van der Waals surface area contributed by atoms with Crippen LogP contribution in [0, 0.1) is 16.4 Å². The van der Waals surface area contributed by atoms with Gasteiger partial charge in [0.2, 0.25) is 5.91 Å². The van der Waals surface area contributed by atoms with Crippen molar-refractivity contribution >= 4 is 34.2 Å². The summed E-state index contributed by atoms with van der Waals surface area (Å²) < 4.78 is 1.17. The van der Waals surface area contributed by atoms with Gasteiger partial charge in [0.05, 0.1) is 0 Å². The summed E-state index contributed by atoms with van der Waals surface area (Å²) in [6, 6.07) is 5.98. The van der Waals surface area contributed by atoms with Crippen LogP contribution in [-0.4, -0.2) is 12.5 Å². The summed E-state index contributed by atoms with van der Waals surface area (Å²) >= 11 is 2.28. The van der Waals surface area contributed by atoms with E-state index in [4.69, 9.17) is 5.73 Å². The van der Waals surface area contributed by atoms with Gasteiger partial charge >= 0.3 is 0 Å². The minimum absolute atomic E-state index is 0.0927. The van der Waals surface area contributed by atoms with Crippen LogP contribution in [0.25, 0.3) is 0 Å². The highest BCUT2D eigenvalue weighted by atomic mass is 127. The topological polar surface area (TPSA) is 55.1 Å². The van der Waals surface area contributed by atoms with Gasteiger partial charge in [-0.05, 0) is 72.5 Å². The van der Waals surface area contributed by atoms with Gasteiger partial charge in [-0.2, -0.15) is 0 Å². The van der Waals surface area contributed by atoms with E-state index in [0.29, 0.717) is 18.9 Å². The van der Waals surface area contributed by atoms with Crippen LogP contribution in [0.5, 0.6) is 0 Å². The first-order chi connectivity index (χ1) is 9.06. The third kappa shape index (κ3) is 5.91. The lowest BCUT2D eigenvalue weighted by Gasteiger charge is -2.13. The Balaban J connectivity index is 2.44. The fourth-order valence-electron chi connectivity index (χ4n) is 2.02. The highest BCUT2D eigenvalue weighted by Gasteiger charge is 2.09. The minimum Gasteiger partial charge on any atom is -0.330 e. The second-order valence-electron chi connectivity index (χ2n) is 4.90. The number of carbonyl (C=O) groups is 1. The summed E-state index contributed by atoms with van der Waals surface area (Å²) in [6.45, 7) is 4.92. The molecule has 0 radical (unpaired) electrons. The highest BCUT2D eigenvalue weighted by Crippen LogP contribution is 2.18. The molecule has 1 unspecified atom stereocenters. The number of nitrogens with one attached hydrogen (secondary N) is 1. The van der Waals surface area contributed by atoms with Gasteiger partial charge in [0.1, 0.15) is 0 Å². The van der Waals surface area contributed by atoms with E-state index in [0.717, 1.165) is 24.9 Å². The van der Waals surface area contributed by atoms with Crippen LogP contribution in [0.3, 0.4) is 0 Å². The molecule has 1 amide bonds. The van der Waals surface area contributed by atoms with E-state index in [1.54, 1.807) is 0 Å². The predicted octanol–water partition coefficient (Wildman–Crippen LogP) is 3.69. The molecule has 1 rings (SSSR count). The first-order valence-electron chi connectivity index (χ1n) is 6.82. The molecule has 1 atom stereocenters. The molecular formula is C15H23IN2O. The molecule has 19 heavy (non-hydrogen) atoms. The summed E-state index contributed by atoms with van der Waals surface area (Å²) in [6.07, 6.45) is 3.59. The lowest BCUT2D eigenvalue weighted by Crippen LogP contribution is -2.15. The number of rotatable bonds is 7. The molecule has 106 valence electrons. The minimum atomic E-state index is 0.0927. The first kappa shape index (κ1) is 16.4. The SMILES string of the molecule is CCC(CCN)CCC(=O)Nc1ccc(C)c(I)c1. The zero-order valence-electron chi connectivity index (χ0n) is 11.7. The summed E-state index contributed by atoms with van der Waals surface area (Å²) in [5.74, 6) is 0.657. The van der Waals surface area contributed by atoms with E-state index in [-0.39, 0.29) is 5.91 Å². The maximum absolute atomic E-state index is 11.9. The van der Waals surface area contributed by atoms with E-state index in [2.05, 4.69) is 41.8 Å². The molecule has 1 aromatic rings. The molecule has 0 aliphatic carbocycles. The lowest BCUT2D eigenvalue weighted by atomic mass is 9.96. The molecular weight excluding hydrogens is 351 g/mol. The maximum atomic E-state index is 11.9. The van der Waals surface area contributed by atoms with Crippen molar-refractivity contribution in [3.8, 4) is 0 Å². The van der Waals surface area contributed by atoms with E-state index in [9.17, 15) is 4.79 Å². The Bertz CT molecular complexity index is 421. The van der Waals surface area contributed by atoms with Gasteiger partial charge in [-0.1, -0.05) is 19.4 Å². The Kier molecular flexibility index (Phi) is 7.38. The van der Waals surface area contributed by atoms with Crippen molar-refractivity contribution in [2.45, 2.75) is 39.5 Å². The molecule has 3 N–H and O–H groups in total. The molecule has 0 fully saturated rings. The van der Waals surface area contributed by atoms with Crippen molar-refractivity contribution in [2.24, 2.45) is 11.7 Å². The number of halogens is 1. The maximum Gasteiger partial charge on any atom is 0.224 e. The van der Waals surface area contributed by atoms with E-state index >= 15 is 0 Å². The van der Waals surface area contributed by atoms with Gasteiger partial charge in [0.15, 0.2) is 0 Å². The van der Waals surface area contributed by atoms with E-state index in [1.165, 1.54) is 9.13 Å². The van der Waals surface area contributed by atoms with Crippen LogP contribution in [-0.2, 0) is 4.79 Å². The van der Waals surface area contributed by atoms with Crippen molar-refractivity contribution in [3.63, 3.8) is 0 Å². The molecule has 0 saturated carbocycles. The van der Waals surface area contributed by atoms with Crippen molar-refractivity contribution < 1.29 is 4.79 Å². The normalized spacial score (nSPS) is 12.2. The smallest absolute Gasteiger partial charge is 0.224 e. The van der Waals surface area contributed by atoms with Gasteiger partial charge in [0.25, 0.3) is 0 Å². The third-order valence-corrected chi connectivity index (χ3v) is 4.55. The zero-order chi connectivity index (χ0) is 14.3. The van der Waals surface area contributed by atoms with Crippen LogP contribution in [0.1, 0.15) is 38.2 Å². The van der Waals surface area contributed by atoms with Crippen molar-refractivity contribution in [2.75, 3.05) is 11.9 Å². The molecule has 0 aliphatic heterocycles. The number of anilines is 1. The molecule has 0 aliphatic rings. The molecule has 4 heteroatoms. The summed E-state index contributed by atoms with van der Waals surface area (Å²) in [7, 11) is 0. The van der Waals surface area contributed by atoms with E-state index < -0.39 is 0 Å². The molecule has 0 aromatic heterocycles. The van der Waals surface area contributed by atoms with Gasteiger partial charge in [-0.25, -0.2) is 0 Å².